The van der Waals surface area contributed by atoms with E-state index in [0.717, 1.165) is 0 Å². The second-order valence-corrected chi connectivity index (χ2v) is 10.5. The van der Waals surface area contributed by atoms with Gasteiger partial charge in [0.25, 0.3) is 0 Å². The second kappa shape index (κ2) is 8.90. The maximum Gasteiger partial charge on any atom is 0.200 e. The molecule has 0 spiro atoms. The third kappa shape index (κ3) is 4.92. The van der Waals surface area contributed by atoms with E-state index in [1.807, 2.05) is 10.6 Å². The molecular weight excluding hydrogens is 441 g/mol. The van der Waals surface area contributed by atoms with Crippen molar-refractivity contribution in [2.24, 2.45) is 5.92 Å². The van der Waals surface area contributed by atoms with Crippen LogP contribution in [0.25, 0.3) is 11.6 Å². The molecule has 0 amide bonds. The van der Waals surface area contributed by atoms with Crippen molar-refractivity contribution >= 4 is 44.8 Å². The van der Waals surface area contributed by atoms with Gasteiger partial charge in [-0.3, -0.25) is 4.57 Å². The molecule has 150 valence electrons. The highest BCUT2D eigenvalue weighted by molar-refractivity contribution is 8.00. The molecule has 1 aromatic carbocycles. The zero-order valence-corrected chi connectivity index (χ0v) is 18.4. The number of halogens is 2. The Hall–Kier alpha value is -1.48. The van der Waals surface area contributed by atoms with Crippen molar-refractivity contribution in [2.45, 2.75) is 30.4 Å². The second-order valence-electron chi connectivity index (χ2n) is 6.53. The average Bonchev–Trinajstić information content (AvgIpc) is 3.27. The summed E-state index contributed by atoms with van der Waals surface area (Å²) in [5, 5.41) is 9.58. The van der Waals surface area contributed by atoms with Gasteiger partial charge in [0.15, 0.2) is 26.6 Å². The van der Waals surface area contributed by atoms with E-state index in [9.17, 15) is 8.42 Å². The number of furan rings is 1. The number of hydrogen-bond acceptors (Lipinski definition) is 6. The Labute approximate surface area is 178 Å². The third-order valence-corrected chi connectivity index (χ3v) is 7.47. The first-order valence-electron chi connectivity index (χ1n) is 8.55. The van der Waals surface area contributed by atoms with Crippen LogP contribution in [0.15, 0.2) is 51.1 Å². The molecule has 0 fully saturated rings. The van der Waals surface area contributed by atoms with Crippen molar-refractivity contribution in [3.8, 4) is 11.6 Å². The molecule has 0 aliphatic heterocycles. The van der Waals surface area contributed by atoms with Gasteiger partial charge >= 0.3 is 0 Å². The molecule has 0 saturated carbocycles. The van der Waals surface area contributed by atoms with E-state index in [1.165, 1.54) is 23.9 Å². The van der Waals surface area contributed by atoms with E-state index in [1.54, 1.807) is 18.4 Å². The number of thioether (sulfide) groups is 1. The molecule has 2 heterocycles. The summed E-state index contributed by atoms with van der Waals surface area (Å²) in [5.74, 6) is 1.82. The van der Waals surface area contributed by atoms with Gasteiger partial charge in [0.2, 0.25) is 0 Å². The quantitative estimate of drug-likeness (QED) is 0.437. The Kier molecular flexibility index (Phi) is 6.75. The van der Waals surface area contributed by atoms with Gasteiger partial charge in [-0.1, -0.05) is 48.8 Å². The van der Waals surface area contributed by atoms with Crippen LogP contribution in [0.2, 0.25) is 10.0 Å². The van der Waals surface area contributed by atoms with Crippen LogP contribution in [0.4, 0.5) is 0 Å². The van der Waals surface area contributed by atoms with Crippen LogP contribution >= 0.6 is 35.0 Å². The summed E-state index contributed by atoms with van der Waals surface area (Å²) in [6.45, 7) is 4.87. The average molecular weight is 460 g/mol. The summed E-state index contributed by atoms with van der Waals surface area (Å²) < 4.78 is 32.7. The molecular formula is C18H19Cl2N3O3S2. The molecule has 0 aliphatic rings. The van der Waals surface area contributed by atoms with Crippen LogP contribution in [0, 0.1) is 5.92 Å². The molecule has 28 heavy (non-hydrogen) atoms. The highest BCUT2D eigenvalue weighted by atomic mass is 35.5. The van der Waals surface area contributed by atoms with Crippen LogP contribution in [0.1, 0.15) is 13.8 Å². The Balaban J connectivity index is 1.77. The van der Waals surface area contributed by atoms with Crippen LogP contribution in [0.5, 0.6) is 0 Å². The Bertz CT molecular complexity index is 1050. The maximum atomic E-state index is 12.6. The predicted octanol–water partition coefficient (Wildman–Crippen LogP) is 5.07. The van der Waals surface area contributed by atoms with E-state index in [0.29, 0.717) is 40.0 Å². The molecule has 0 atom stereocenters. The fourth-order valence-electron chi connectivity index (χ4n) is 2.58. The number of rotatable bonds is 8. The van der Waals surface area contributed by atoms with E-state index < -0.39 is 9.84 Å². The highest BCUT2D eigenvalue weighted by Crippen LogP contribution is 2.29. The minimum absolute atomic E-state index is 0.0437. The van der Waals surface area contributed by atoms with Gasteiger partial charge < -0.3 is 4.42 Å². The molecule has 3 rings (SSSR count). The fraction of sp³-hybridized carbons (Fsp3) is 0.333. The monoisotopic (exact) mass is 459 g/mol. The lowest BCUT2D eigenvalue weighted by atomic mass is 10.2. The summed E-state index contributed by atoms with van der Waals surface area (Å²) >= 11 is 13.3. The lowest BCUT2D eigenvalue weighted by Gasteiger charge is -2.11. The lowest BCUT2D eigenvalue weighted by Crippen LogP contribution is -2.11. The summed E-state index contributed by atoms with van der Waals surface area (Å²) in [5.41, 5.74) is 0. The summed E-state index contributed by atoms with van der Waals surface area (Å²) in [7, 11) is -3.57. The van der Waals surface area contributed by atoms with Crippen molar-refractivity contribution in [3.63, 3.8) is 0 Å². The first kappa shape index (κ1) is 21.2. The van der Waals surface area contributed by atoms with Crippen molar-refractivity contribution in [3.05, 3.63) is 46.6 Å². The minimum Gasteiger partial charge on any atom is -0.461 e. The van der Waals surface area contributed by atoms with Crippen molar-refractivity contribution in [1.82, 2.24) is 14.8 Å². The first-order valence-corrected chi connectivity index (χ1v) is 11.9. The molecule has 6 nitrogen and oxygen atoms in total. The summed E-state index contributed by atoms with van der Waals surface area (Å²) in [6.07, 6.45) is 1.58. The van der Waals surface area contributed by atoms with Gasteiger partial charge in [0, 0.05) is 17.3 Å². The van der Waals surface area contributed by atoms with Gasteiger partial charge in [-0.25, -0.2) is 8.42 Å². The van der Waals surface area contributed by atoms with E-state index in [-0.39, 0.29) is 15.7 Å². The molecule has 0 N–H and O–H groups in total. The van der Waals surface area contributed by atoms with Gasteiger partial charge in [-0.15, -0.1) is 10.2 Å². The number of aromatic nitrogens is 3. The summed E-state index contributed by atoms with van der Waals surface area (Å²) in [4.78, 5) is 0.0437. The zero-order chi connectivity index (χ0) is 20.3. The maximum absolute atomic E-state index is 12.6. The smallest absolute Gasteiger partial charge is 0.200 e. The molecule has 0 unspecified atom stereocenters. The Morgan fingerprint density at radius 2 is 2.00 bits per heavy atom. The van der Waals surface area contributed by atoms with Gasteiger partial charge in [-0.05, 0) is 36.2 Å². The predicted molar refractivity (Wildman–Crippen MR) is 112 cm³/mol. The molecule has 3 aromatic rings. The van der Waals surface area contributed by atoms with Gasteiger partial charge in [0.1, 0.15) is 0 Å². The van der Waals surface area contributed by atoms with Gasteiger partial charge in [-0.2, -0.15) is 0 Å². The standard InChI is InChI=1S/C18H19Cl2N3O3S2/c1-12(2)11-23-17(15-4-3-7-26-15)21-22-18(23)27-8-9-28(24,25)16-10-13(19)5-6-14(16)20/h3-7,10,12H,8-9,11H2,1-2H3. The minimum atomic E-state index is -3.57. The topological polar surface area (TPSA) is 78.0 Å². The van der Waals surface area contributed by atoms with Crippen LogP contribution in [0.3, 0.4) is 0 Å². The van der Waals surface area contributed by atoms with Crippen LogP contribution in [-0.2, 0) is 16.4 Å². The van der Waals surface area contributed by atoms with E-state index in [4.69, 9.17) is 27.6 Å². The first-order chi connectivity index (χ1) is 13.3. The SMILES string of the molecule is CC(C)Cn1c(SCCS(=O)(=O)c2cc(Cl)ccc2Cl)nnc1-c1ccco1. The number of benzene rings is 1. The fourth-order valence-corrected chi connectivity index (χ4v) is 5.99. The van der Waals surface area contributed by atoms with Crippen LogP contribution < -0.4 is 0 Å². The van der Waals surface area contributed by atoms with Gasteiger partial charge in [0.05, 0.1) is 21.9 Å². The highest BCUT2D eigenvalue weighted by Gasteiger charge is 2.21. The molecule has 0 radical (unpaired) electrons. The number of nitrogens with zero attached hydrogens (tertiary/aromatic N) is 3. The Morgan fingerprint density at radius 1 is 1.21 bits per heavy atom. The number of sulfone groups is 1. The molecule has 10 heteroatoms. The summed E-state index contributed by atoms with van der Waals surface area (Å²) in [6, 6.07) is 8.03. The largest absolute Gasteiger partial charge is 0.461 e. The lowest BCUT2D eigenvalue weighted by molar-refractivity contribution is 0.489. The van der Waals surface area contributed by atoms with Crippen molar-refractivity contribution < 1.29 is 12.8 Å². The zero-order valence-electron chi connectivity index (χ0n) is 15.3. The van der Waals surface area contributed by atoms with Crippen LogP contribution in [-0.4, -0.2) is 34.7 Å². The van der Waals surface area contributed by atoms with Crippen molar-refractivity contribution in [1.29, 1.82) is 0 Å². The molecule has 0 bridgehead atoms. The number of hydrogen-bond donors (Lipinski definition) is 0. The molecule has 0 saturated heterocycles. The van der Waals surface area contributed by atoms with Crippen molar-refractivity contribution in [2.75, 3.05) is 11.5 Å². The van der Waals surface area contributed by atoms with E-state index in [2.05, 4.69) is 24.0 Å². The normalized spacial score (nSPS) is 12.0. The molecule has 2 aromatic heterocycles. The van der Waals surface area contributed by atoms with E-state index >= 15 is 0 Å². The molecule has 0 aliphatic carbocycles. The Morgan fingerprint density at radius 3 is 2.68 bits per heavy atom. The third-order valence-electron chi connectivity index (χ3n) is 3.82.